The monoisotopic (exact) mass is 461 g/mol. The number of carbonyl (C=O) groups excluding carboxylic acids is 2. The predicted molar refractivity (Wildman–Crippen MR) is 111 cm³/mol. The van der Waals surface area contributed by atoms with Crippen molar-refractivity contribution >= 4 is 33.9 Å². The Kier molecular flexibility index (Phi) is 7.04. The van der Waals surface area contributed by atoms with Crippen LogP contribution in [-0.4, -0.2) is 25.6 Å². The quantitative estimate of drug-likeness (QED) is 0.466. The van der Waals surface area contributed by atoms with Gasteiger partial charge in [-0.15, -0.1) is 0 Å². The highest BCUT2D eigenvalue weighted by Gasteiger charge is 2.33. The molecule has 0 aromatic heterocycles. The molecule has 29 heavy (non-hydrogen) atoms. The molecule has 152 valence electrons. The lowest BCUT2D eigenvalue weighted by molar-refractivity contribution is -0.144. The number of halogens is 2. The molecule has 2 aromatic rings. The maximum absolute atomic E-state index is 13.7. The summed E-state index contributed by atoms with van der Waals surface area (Å²) in [6.07, 6.45) is 4.49. The molecule has 1 fully saturated rings. The van der Waals surface area contributed by atoms with Crippen molar-refractivity contribution in [3.05, 3.63) is 70.0 Å². The van der Waals surface area contributed by atoms with Gasteiger partial charge < -0.3 is 14.8 Å². The number of carbonyl (C=O) groups is 2. The van der Waals surface area contributed by atoms with Crippen molar-refractivity contribution < 1.29 is 23.5 Å². The van der Waals surface area contributed by atoms with Gasteiger partial charge in [0.15, 0.2) is 6.61 Å². The van der Waals surface area contributed by atoms with Crippen molar-refractivity contribution in [2.24, 2.45) is 5.92 Å². The SMILES string of the molecule is COc1ccc(C(NC(=O)COC(=O)/C=C/c2cc(Br)ccc2F)C2CC2)cc1. The number of benzene rings is 2. The fourth-order valence-electron chi connectivity index (χ4n) is 2.91. The Bertz CT molecular complexity index is 910. The molecule has 1 saturated carbocycles. The molecule has 0 bridgehead atoms. The first-order valence-corrected chi connectivity index (χ1v) is 9.99. The Hall–Kier alpha value is -2.67. The van der Waals surface area contributed by atoms with Crippen LogP contribution in [0.4, 0.5) is 4.39 Å². The molecule has 1 atom stereocenters. The van der Waals surface area contributed by atoms with Crippen molar-refractivity contribution in [2.45, 2.75) is 18.9 Å². The fraction of sp³-hybridized carbons (Fsp3) is 0.273. The molecule has 1 aliphatic rings. The van der Waals surface area contributed by atoms with E-state index in [0.29, 0.717) is 10.4 Å². The summed E-state index contributed by atoms with van der Waals surface area (Å²) in [6, 6.07) is 11.8. The van der Waals surface area contributed by atoms with Gasteiger partial charge in [-0.2, -0.15) is 0 Å². The van der Waals surface area contributed by atoms with Gasteiger partial charge in [-0.3, -0.25) is 4.79 Å². The van der Waals surface area contributed by atoms with Crippen LogP contribution < -0.4 is 10.1 Å². The topological polar surface area (TPSA) is 64.6 Å². The summed E-state index contributed by atoms with van der Waals surface area (Å²) in [6.45, 7) is -0.399. The summed E-state index contributed by atoms with van der Waals surface area (Å²) in [5, 5.41) is 2.93. The molecule has 5 nitrogen and oxygen atoms in total. The number of hydrogen-bond acceptors (Lipinski definition) is 4. The Balaban J connectivity index is 1.53. The highest BCUT2D eigenvalue weighted by molar-refractivity contribution is 9.10. The normalized spacial score (nSPS) is 14.4. The molecular weight excluding hydrogens is 441 g/mol. The van der Waals surface area contributed by atoms with Crippen LogP contribution in [0, 0.1) is 11.7 Å². The minimum Gasteiger partial charge on any atom is -0.497 e. The molecule has 0 saturated heterocycles. The standard InChI is InChI=1S/C22H21BrFNO4/c1-28-18-8-4-15(5-9-18)22(14-2-3-14)25-20(26)13-29-21(27)11-6-16-12-17(23)7-10-19(16)24/h4-12,14,22H,2-3,13H2,1H3,(H,25,26)/b11-6+. The smallest absolute Gasteiger partial charge is 0.331 e. The molecule has 1 amide bonds. The zero-order valence-electron chi connectivity index (χ0n) is 15.9. The summed E-state index contributed by atoms with van der Waals surface area (Å²) in [5.74, 6) is -0.429. The largest absolute Gasteiger partial charge is 0.497 e. The van der Waals surface area contributed by atoms with Gasteiger partial charge in [0.2, 0.25) is 0 Å². The van der Waals surface area contributed by atoms with E-state index in [1.54, 1.807) is 19.2 Å². The number of esters is 1. The zero-order chi connectivity index (χ0) is 20.8. The van der Waals surface area contributed by atoms with Crippen LogP contribution in [0.5, 0.6) is 5.75 Å². The highest BCUT2D eigenvalue weighted by atomic mass is 79.9. The number of hydrogen-bond donors (Lipinski definition) is 1. The highest BCUT2D eigenvalue weighted by Crippen LogP contribution is 2.41. The van der Waals surface area contributed by atoms with Gasteiger partial charge >= 0.3 is 5.97 Å². The van der Waals surface area contributed by atoms with Crippen LogP contribution in [0.3, 0.4) is 0 Å². The third-order valence-electron chi connectivity index (χ3n) is 4.59. The van der Waals surface area contributed by atoms with E-state index in [1.807, 2.05) is 24.3 Å². The van der Waals surface area contributed by atoms with Crippen LogP contribution in [0.15, 0.2) is 53.0 Å². The van der Waals surface area contributed by atoms with Crippen LogP contribution in [0.1, 0.15) is 30.0 Å². The summed E-state index contributed by atoms with van der Waals surface area (Å²) in [4.78, 5) is 24.1. The molecule has 1 N–H and O–H groups in total. The van der Waals surface area contributed by atoms with Crippen LogP contribution in [0.25, 0.3) is 6.08 Å². The average molecular weight is 462 g/mol. The van der Waals surface area contributed by atoms with E-state index in [2.05, 4.69) is 21.2 Å². The summed E-state index contributed by atoms with van der Waals surface area (Å²) in [5.41, 5.74) is 1.23. The fourth-order valence-corrected chi connectivity index (χ4v) is 3.29. The van der Waals surface area contributed by atoms with Crippen LogP contribution >= 0.6 is 15.9 Å². The second-order valence-electron chi connectivity index (χ2n) is 6.76. The van der Waals surface area contributed by atoms with Gasteiger partial charge in [0.1, 0.15) is 11.6 Å². The van der Waals surface area contributed by atoms with E-state index in [-0.39, 0.29) is 17.5 Å². The Morgan fingerprint density at radius 2 is 1.97 bits per heavy atom. The zero-order valence-corrected chi connectivity index (χ0v) is 17.4. The second kappa shape index (κ2) is 9.69. The van der Waals surface area contributed by atoms with Gasteiger partial charge in [-0.05, 0) is 60.7 Å². The van der Waals surface area contributed by atoms with Crippen molar-refractivity contribution in [1.29, 1.82) is 0 Å². The average Bonchev–Trinajstić information content (AvgIpc) is 3.56. The van der Waals surface area contributed by atoms with Gasteiger partial charge in [0.25, 0.3) is 5.91 Å². The molecular formula is C22H21BrFNO4. The molecule has 0 spiro atoms. The maximum Gasteiger partial charge on any atom is 0.331 e. The molecule has 1 aliphatic carbocycles. The van der Waals surface area contributed by atoms with Gasteiger partial charge in [0, 0.05) is 16.1 Å². The summed E-state index contributed by atoms with van der Waals surface area (Å²) in [7, 11) is 1.60. The third-order valence-corrected chi connectivity index (χ3v) is 5.08. The van der Waals surface area contributed by atoms with Crippen molar-refractivity contribution in [3.63, 3.8) is 0 Å². The van der Waals surface area contributed by atoms with Gasteiger partial charge in [0.05, 0.1) is 13.2 Å². The Labute approximate surface area is 177 Å². The van der Waals surface area contributed by atoms with Crippen LogP contribution in [-0.2, 0) is 14.3 Å². The van der Waals surface area contributed by atoms with E-state index in [4.69, 9.17) is 9.47 Å². The number of ether oxygens (including phenoxy) is 2. The summed E-state index contributed by atoms with van der Waals surface area (Å²) >= 11 is 3.24. The van der Waals surface area contributed by atoms with Crippen molar-refractivity contribution in [1.82, 2.24) is 5.32 Å². The lowest BCUT2D eigenvalue weighted by atomic mass is 10.0. The number of nitrogens with one attached hydrogen (secondary N) is 1. The minimum atomic E-state index is -0.716. The number of rotatable bonds is 8. The van der Waals surface area contributed by atoms with E-state index < -0.39 is 18.4 Å². The first-order valence-electron chi connectivity index (χ1n) is 9.19. The third kappa shape index (κ3) is 6.15. The Morgan fingerprint density at radius 3 is 2.62 bits per heavy atom. The molecule has 1 unspecified atom stereocenters. The maximum atomic E-state index is 13.7. The molecule has 0 heterocycles. The molecule has 7 heteroatoms. The van der Waals surface area contributed by atoms with E-state index in [1.165, 1.54) is 12.1 Å². The predicted octanol–water partition coefficient (Wildman–Crippen LogP) is 4.42. The minimum absolute atomic E-state index is 0.126. The molecule has 0 radical (unpaired) electrons. The number of methoxy groups -OCH3 is 1. The van der Waals surface area contributed by atoms with E-state index >= 15 is 0 Å². The van der Waals surface area contributed by atoms with Gasteiger partial charge in [-0.25, -0.2) is 9.18 Å². The van der Waals surface area contributed by atoms with Crippen LogP contribution in [0.2, 0.25) is 0 Å². The van der Waals surface area contributed by atoms with Gasteiger partial charge in [-0.1, -0.05) is 28.1 Å². The van der Waals surface area contributed by atoms with E-state index in [0.717, 1.165) is 30.2 Å². The van der Waals surface area contributed by atoms with Crippen molar-refractivity contribution in [2.75, 3.05) is 13.7 Å². The molecule has 3 rings (SSSR count). The number of amides is 1. The van der Waals surface area contributed by atoms with E-state index in [9.17, 15) is 14.0 Å². The summed E-state index contributed by atoms with van der Waals surface area (Å²) < 4.78 is 24.5. The molecule has 2 aromatic carbocycles. The first kappa shape index (κ1) is 21.0. The first-order chi connectivity index (χ1) is 14.0. The van der Waals surface area contributed by atoms with Crippen molar-refractivity contribution in [3.8, 4) is 5.75 Å². The Morgan fingerprint density at radius 1 is 1.24 bits per heavy atom. The lowest BCUT2D eigenvalue weighted by Crippen LogP contribution is -2.33. The second-order valence-corrected chi connectivity index (χ2v) is 7.68. The molecule has 0 aliphatic heterocycles. The lowest BCUT2D eigenvalue weighted by Gasteiger charge is -2.19.